The smallest absolute Gasteiger partial charge is 0.243 e. The number of nitrogens with zero attached hydrogens (tertiary/aromatic N) is 3. The standard InChI is InChI=1S/C33H52N4O3S2/c1-25(2)19-31(39)37-30(23-42-33(37,3)4)36(24-38)29(22-41-21-27-13-9-6-10-14-27)32(40)34-28-15-17-35(18-16-28)20-26-11-7-5-8-12-26/h5,7-8,11-12,24-25,27-30H,6,9-10,13-23H2,1-4H3,(H,34,40)/t29-,30+/m0/s1. The summed E-state index contributed by atoms with van der Waals surface area (Å²) in [7, 11) is 0. The summed E-state index contributed by atoms with van der Waals surface area (Å²) in [6, 6.07) is 10.0. The van der Waals surface area contributed by atoms with Crippen molar-refractivity contribution in [2.45, 2.75) is 109 Å². The lowest BCUT2D eigenvalue weighted by Crippen LogP contribution is -2.61. The van der Waals surface area contributed by atoms with E-state index in [1.165, 1.54) is 37.7 Å². The monoisotopic (exact) mass is 616 g/mol. The highest BCUT2D eigenvalue weighted by Crippen LogP contribution is 2.41. The number of rotatable bonds is 13. The molecule has 1 aromatic rings. The second-order valence-electron chi connectivity index (χ2n) is 13.3. The van der Waals surface area contributed by atoms with Gasteiger partial charge in [-0.15, -0.1) is 11.8 Å². The van der Waals surface area contributed by atoms with Gasteiger partial charge in [-0.25, -0.2) is 0 Å². The molecular formula is C33H52N4O3S2. The van der Waals surface area contributed by atoms with E-state index >= 15 is 0 Å². The molecule has 4 rings (SSSR count). The first-order valence-electron chi connectivity index (χ1n) is 16.0. The highest BCUT2D eigenvalue weighted by Gasteiger charge is 2.48. The summed E-state index contributed by atoms with van der Waals surface area (Å²) < 4.78 is 0. The van der Waals surface area contributed by atoms with Gasteiger partial charge >= 0.3 is 0 Å². The van der Waals surface area contributed by atoms with Gasteiger partial charge in [-0.1, -0.05) is 63.4 Å². The molecule has 1 aliphatic carbocycles. The first-order valence-corrected chi connectivity index (χ1v) is 18.1. The first-order chi connectivity index (χ1) is 20.2. The molecular weight excluding hydrogens is 565 g/mol. The van der Waals surface area contributed by atoms with Crippen LogP contribution < -0.4 is 5.32 Å². The Morgan fingerprint density at radius 2 is 1.79 bits per heavy atom. The van der Waals surface area contributed by atoms with Gasteiger partial charge in [0.25, 0.3) is 0 Å². The van der Waals surface area contributed by atoms with Crippen LogP contribution in [0, 0.1) is 11.8 Å². The largest absolute Gasteiger partial charge is 0.351 e. The average molecular weight is 617 g/mol. The number of benzene rings is 1. The molecule has 3 amide bonds. The molecule has 2 saturated heterocycles. The number of likely N-dealkylation sites (tertiary alicyclic amines) is 1. The topological polar surface area (TPSA) is 73.0 Å². The Bertz CT molecular complexity index is 1010. The summed E-state index contributed by atoms with van der Waals surface area (Å²) in [5, 5.41) is 3.34. The van der Waals surface area contributed by atoms with Gasteiger partial charge in [-0.05, 0) is 62.7 Å². The lowest BCUT2D eigenvalue weighted by Gasteiger charge is -2.42. The Morgan fingerprint density at radius 1 is 1.10 bits per heavy atom. The van der Waals surface area contributed by atoms with Crippen LogP contribution in [0.4, 0.5) is 0 Å². The normalized spacial score (nSPS) is 22.7. The fourth-order valence-electron chi connectivity index (χ4n) is 6.64. The molecule has 0 bridgehead atoms. The maximum absolute atomic E-state index is 14.0. The highest BCUT2D eigenvalue weighted by molar-refractivity contribution is 8.00. The predicted molar refractivity (Wildman–Crippen MR) is 175 cm³/mol. The molecule has 42 heavy (non-hydrogen) atoms. The number of piperidine rings is 1. The Kier molecular flexibility index (Phi) is 12.5. The van der Waals surface area contributed by atoms with Crippen LogP contribution in [0.15, 0.2) is 30.3 Å². The summed E-state index contributed by atoms with van der Waals surface area (Å²) >= 11 is 3.49. The molecule has 3 fully saturated rings. The lowest BCUT2D eigenvalue weighted by atomic mass is 9.91. The van der Waals surface area contributed by atoms with Crippen LogP contribution >= 0.6 is 23.5 Å². The number of carbonyl (C=O) groups excluding carboxylic acids is 3. The maximum Gasteiger partial charge on any atom is 0.243 e. The first kappa shape index (κ1) is 33.2. The Labute approximate surface area is 262 Å². The summed E-state index contributed by atoms with van der Waals surface area (Å²) in [5.74, 6) is 3.09. The van der Waals surface area contributed by atoms with Crippen molar-refractivity contribution in [3.8, 4) is 0 Å². The quantitative estimate of drug-likeness (QED) is 0.291. The third-order valence-electron chi connectivity index (χ3n) is 8.98. The zero-order valence-electron chi connectivity index (χ0n) is 26.1. The minimum absolute atomic E-state index is 0.0525. The molecule has 3 aliphatic rings. The number of amides is 3. The van der Waals surface area contributed by atoms with Gasteiger partial charge < -0.3 is 15.1 Å². The SMILES string of the molecule is CC(C)CC(=O)N1[C@@H](N(C=O)[C@@H](CSCC2CCCCC2)C(=O)NC2CCN(Cc3ccccc3)CC2)CSC1(C)C. The van der Waals surface area contributed by atoms with Gasteiger partial charge in [-0.3, -0.25) is 19.3 Å². The van der Waals surface area contributed by atoms with Crippen molar-refractivity contribution in [2.24, 2.45) is 11.8 Å². The van der Waals surface area contributed by atoms with Crippen LogP contribution in [0.2, 0.25) is 0 Å². The molecule has 0 radical (unpaired) electrons. The Hall–Kier alpha value is -1.71. The molecule has 234 valence electrons. The second-order valence-corrected chi connectivity index (χ2v) is 16.0. The van der Waals surface area contributed by atoms with E-state index in [9.17, 15) is 14.4 Å². The number of hydrogen-bond donors (Lipinski definition) is 1. The zero-order valence-corrected chi connectivity index (χ0v) is 27.8. The van der Waals surface area contributed by atoms with Crippen molar-refractivity contribution in [1.82, 2.24) is 20.0 Å². The number of thioether (sulfide) groups is 2. The Morgan fingerprint density at radius 3 is 2.43 bits per heavy atom. The zero-order chi connectivity index (χ0) is 30.1. The van der Waals surface area contributed by atoms with Crippen LogP contribution in [0.25, 0.3) is 0 Å². The molecule has 2 heterocycles. The van der Waals surface area contributed by atoms with E-state index in [4.69, 9.17) is 0 Å². The van der Waals surface area contributed by atoms with Gasteiger partial charge in [0.2, 0.25) is 18.2 Å². The van der Waals surface area contributed by atoms with Crippen molar-refractivity contribution in [2.75, 3.05) is 30.3 Å². The lowest BCUT2D eigenvalue weighted by molar-refractivity contribution is -0.148. The number of nitrogens with one attached hydrogen (secondary N) is 1. The number of hydrogen-bond acceptors (Lipinski definition) is 6. The van der Waals surface area contributed by atoms with E-state index in [0.717, 1.165) is 44.6 Å². The van der Waals surface area contributed by atoms with Crippen LogP contribution in [0.5, 0.6) is 0 Å². The van der Waals surface area contributed by atoms with Crippen molar-refractivity contribution in [1.29, 1.82) is 0 Å². The average Bonchev–Trinajstić information content (AvgIpc) is 3.29. The molecule has 0 aromatic heterocycles. The van der Waals surface area contributed by atoms with E-state index in [2.05, 4.69) is 48.3 Å². The van der Waals surface area contributed by atoms with E-state index in [-0.39, 0.29) is 23.8 Å². The van der Waals surface area contributed by atoms with Gasteiger partial charge in [0.05, 0.1) is 4.87 Å². The highest BCUT2D eigenvalue weighted by atomic mass is 32.2. The maximum atomic E-state index is 14.0. The predicted octanol–water partition coefficient (Wildman–Crippen LogP) is 5.59. The van der Waals surface area contributed by atoms with Crippen LogP contribution in [-0.4, -0.2) is 86.4 Å². The van der Waals surface area contributed by atoms with Crippen molar-refractivity contribution in [3.05, 3.63) is 35.9 Å². The van der Waals surface area contributed by atoms with E-state index < -0.39 is 17.1 Å². The second kappa shape index (κ2) is 15.8. The van der Waals surface area contributed by atoms with E-state index in [1.807, 2.05) is 24.8 Å². The van der Waals surface area contributed by atoms with Crippen molar-refractivity contribution < 1.29 is 14.4 Å². The fourth-order valence-corrected chi connectivity index (χ4v) is 9.23. The molecule has 9 heteroatoms. The summed E-state index contributed by atoms with van der Waals surface area (Å²) in [5.41, 5.74) is 1.31. The fraction of sp³-hybridized carbons (Fsp3) is 0.727. The van der Waals surface area contributed by atoms with E-state index in [1.54, 1.807) is 28.4 Å². The summed E-state index contributed by atoms with van der Waals surface area (Å²) in [6.07, 6.45) is 9.05. The molecule has 1 N–H and O–H groups in total. The Balaban J connectivity index is 1.43. The molecule has 0 unspecified atom stereocenters. The van der Waals surface area contributed by atoms with Crippen LogP contribution in [0.1, 0.15) is 84.6 Å². The molecule has 7 nitrogen and oxygen atoms in total. The van der Waals surface area contributed by atoms with Gasteiger partial charge in [0.1, 0.15) is 12.2 Å². The summed E-state index contributed by atoms with van der Waals surface area (Å²) in [6.45, 7) is 11.0. The molecule has 2 atom stereocenters. The minimum Gasteiger partial charge on any atom is -0.351 e. The van der Waals surface area contributed by atoms with Crippen molar-refractivity contribution >= 4 is 41.7 Å². The number of carbonyl (C=O) groups is 3. The van der Waals surface area contributed by atoms with E-state index in [0.29, 0.717) is 23.8 Å². The minimum atomic E-state index is -0.604. The van der Waals surface area contributed by atoms with Gasteiger partial charge in [0.15, 0.2) is 0 Å². The molecule has 2 aliphatic heterocycles. The van der Waals surface area contributed by atoms with Crippen molar-refractivity contribution in [3.63, 3.8) is 0 Å². The van der Waals surface area contributed by atoms with Crippen LogP contribution in [-0.2, 0) is 20.9 Å². The van der Waals surface area contributed by atoms with Gasteiger partial charge in [-0.2, -0.15) is 11.8 Å². The van der Waals surface area contributed by atoms with Gasteiger partial charge in [0, 0.05) is 43.6 Å². The molecule has 0 spiro atoms. The third kappa shape index (κ3) is 9.15. The molecule has 1 saturated carbocycles. The van der Waals surface area contributed by atoms with Crippen LogP contribution in [0.3, 0.4) is 0 Å². The molecule has 1 aromatic carbocycles. The summed E-state index contributed by atoms with van der Waals surface area (Å²) in [4.78, 5) is 45.8. The third-order valence-corrected chi connectivity index (χ3v) is 11.6.